The molecule has 1 N–H and O–H groups in total. The molecule has 1 atom stereocenters. The summed E-state index contributed by atoms with van der Waals surface area (Å²) < 4.78 is 37.1. The molecule has 4 nitrogen and oxygen atoms in total. The monoisotopic (exact) mass is 341 g/mol. The van der Waals surface area contributed by atoms with Crippen LogP contribution in [0.2, 0.25) is 0 Å². The van der Waals surface area contributed by atoms with Crippen LogP contribution < -0.4 is 5.32 Å². The van der Waals surface area contributed by atoms with E-state index in [1.165, 1.54) is 19.1 Å². The van der Waals surface area contributed by atoms with Gasteiger partial charge in [0, 0.05) is 12.0 Å². The molecule has 1 saturated carbocycles. The lowest BCUT2D eigenvalue weighted by molar-refractivity contribution is -0.120. The maximum atomic E-state index is 13.1. The van der Waals surface area contributed by atoms with Crippen LogP contribution in [-0.2, 0) is 20.0 Å². The smallest absolute Gasteiger partial charge is 0.238 e. The topological polar surface area (TPSA) is 63.2 Å². The molecule has 0 aliphatic heterocycles. The van der Waals surface area contributed by atoms with Crippen LogP contribution in [0.4, 0.5) is 4.39 Å². The molecular weight excluding hydrogens is 317 g/mol. The Morgan fingerprint density at radius 2 is 1.91 bits per heavy atom. The van der Waals surface area contributed by atoms with Crippen molar-refractivity contribution in [1.82, 2.24) is 5.32 Å². The first-order valence-electron chi connectivity index (χ1n) is 8.06. The summed E-state index contributed by atoms with van der Waals surface area (Å²) in [6, 6.07) is 6.34. The number of hydrogen-bond acceptors (Lipinski definition) is 3. The zero-order valence-corrected chi connectivity index (χ0v) is 14.5. The number of hydrogen-bond donors (Lipinski definition) is 1. The minimum absolute atomic E-state index is 0.0185. The van der Waals surface area contributed by atoms with Gasteiger partial charge in [-0.2, -0.15) is 0 Å². The third-order valence-corrected chi connectivity index (χ3v) is 7.03. The fraction of sp³-hybridized carbons (Fsp3) is 0.588. The first-order valence-corrected chi connectivity index (χ1v) is 9.77. The molecule has 1 unspecified atom stereocenters. The molecule has 1 aliphatic rings. The molecular formula is C17H24FNO3S. The van der Waals surface area contributed by atoms with Gasteiger partial charge in [0.25, 0.3) is 0 Å². The standard InChI is InChI=1S/C17H24FNO3S/c1-3-11-23(21,22)13(2)16(20)19-12-17(9-4-10-17)14-5-7-15(18)8-6-14/h5-8,13H,3-4,9-12H2,1-2H3,(H,19,20). The molecule has 0 radical (unpaired) electrons. The molecule has 2 rings (SSSR count). The first kappa shape index (κ1) is 17.9. The fourth-order valence-electron chi connectivity index (χ4n) is 3.00. The van der Waals surface area contributed by atoms with Gasteiger partial charge in [-0.1, -0.05) is 25.5 Å². The van der Waals surface area contributed by atoms with E-state index in [0.29, 0.717) is 13.0 Å². The number of rotatable bonds is 7. The Balaban J connectivity index is 2.03. The lowest BCUT2D eigenvalue weighted by Gasteiger charge is -2.42. The number of nitrogens with one attached hydrogen (secondary N) is 1. The predicted octanol–water partition coefficient (Wildman–Crippen LogP) is 2.58. The number of amides is 1. The molecule has 1 aromatic carbocycles. The Hall–Kier alpha value is -1.43. The van der Waals surface area contributed by atoms with E-state index < -0.39 is 21.0 Å². The highest BCUT2D eigenvalue weighted by atomic mass is 32.2. The van der Waals surface area contributed by atoms with Gasteiger partial charge >= 0.3 is 0 Å². The lowest BCUT2D eigenvalue weighted by atomic mass is 9.64. The zero-order valence-electron chi connectivity index (χ0n) is 13.6. The highest BCUT2D eigenvalue weighted by Gasteiger charge is 2.39. The molecule has 0 bridgehead atoms. The lowest BCUT2D eigenvalue weighted by Crippen LogP contribution is -2.48. The second kappa shape index (κ2) is 6.99. The maximum absolute atomic E-state index is 13.1. The van der Waals surface area contributed by atoms with Crippen molar-refractivity contribution in [2.75, 3.05) is 12.3 Å². The van der Waals surface area contributed by atoms with E-state index in [1.807, 2.05) is 0 Å². The van der Waals surface area contributed by atoms with Crippen LogP contribution in [-0.4, -0.2) is 31.9 Å². The Morgan fingerprint density at radius 3 is 2.39 bits per heavy atom. The fourth-order valence-corrected chi connectivity index (χ4v) is 4.33. The van der Waals surface area contributed by atoms with Crippen molar-refractivity contribution in [2.24, 2.45) is 0 Å². The van der Waals surface area contributed by atoms with Crippen molar-refractivity contribution in [3.05, 3.63) is 35.6 Å². The summed E-state index contributed by atoms with van der Waals surface area (Å²) in [5, 5.41) is 1.76. The highest BCUT2D eigenvalue weighted by molar-refractivity contribution is 7.92. The van der Waals surface area contributed by atoms with Crippen molar-refractivity contribution >= 4 is 15.7 Å². The van der Waals surface area contributed by atoms with E-state index in [9.17, 15) is 17.6 Å². The van der Waals surface area contributed by atoms with Gasteiger partial charge in [-0.15, -0.1) is 0 Å². The van der Waals surface area contributed by atoms with Gasteiger partial charge in [-0.05, 0) is 43.9 Å². The summed E-state index contributed by atoms with van der Waals surface area (Å²) in [6.45, 7) is 3.61. The molecule has 0 heterocycles. The maximum Gasteiger partial charge on any atom is 0.238 e. The number of carbonyl (C=O) groups excluding carboxylic acids is 1. The van der Waals surface area contributed by atoms with E-state index in [2.05, 4.69) is 5.32 Å². The van der Waals surface area contributed by atoms with Crippen molar-refractivity contribution < 1.29 is 17.6 Å². The summed E-state index contributed by atoms with van der Waals surface area (Å²) in [5.41, 5.74) is 0.798. The SMILES string of the molecule is CCCS(=O)(=O)C(C)C(=O)NCC1(c2ccc(F)cc2)CCC1. The van der Waals surface area contributed by atoms with Gasteiger partial charge < -0.3 is 5.32 Å². The minimum atomic E-state index is -3.40. The second-order valence-corrected chi connectivity index (χ2v) is 8.81. The van der Waals surface area contributed by atoms with Crippen LogP contribution in [0.1, 0.15) is 45.1 Å². The number of carbonyl (C=O) groups is 1. The molecule has 1 aliphatic carbocycles. The Kier molecular flexibility index (Phi) is 5.45. The van der Waals surface area contributed by atoms with Gasteiger partial charge in [0.1, 0.15) is 11.1 Å². The van der Waals surface area contributed by atoms with E-state index in [4.69, 9.17) is 0 Å². The molecule has 6 heteroatoms. The third kappa shape index (κ3) is 3.91. The molecule has 0 spiro atoms. The normalized spacial score (nSPS) is 18.0. The van der Waals surface area contributed by atoms with E-state index in [0.717, 1.165) is 24.8 Å². The van der Waals surface area contributed by atoms with Gasteiger partial charge in [-0.25, -0.2) is 12.8 Å². The van der Waals surface area contributed by atoms with Crippen LogP contribution >= 0.6 is 0 Å². The average Bonchev–Trinajstić information content (AvgIpc) is 2.46. The van der Waals surface area contributed by atoms with Crippen LogP contribution in [0.3, 0.4) is 0 Å². The second-order valence-electron chi connectivity index (χ2n) is 6.37. The quantitative estimate of drug-likeness (QED) is 0.829. The van der Waals surface area contributed by atoms with Crippen molar-refractivity contribution in [3.63, 3.8) is 0 Å². The zero-order chi connectivity index (χ0) is 17.1. The summed E-state index contributed by atoms with van der Waals surface area (Å²) in [7, 11) is -3.40. The Labute approximate surface area is 137 Å². The van der Waals surface area contributed by atoms with Gasteiger partial charge in [0.2, 0.25) is 5.91 Å². The minimum Gasteiger partial charge on any atom is -0.354 e. The van der Waals surface area contributed by atoms with Gasteiger partial charge in [-0.3, -0.25) is 4.79 Å². The summed E-state index contributed by atoms with van der Waals surface area (Å²) in [4.78, 5) is 12.2. The van der Waals surface area contributed by atoms with E-state index >= 15 is 0 Å². The molecule has 0 saturated heterocycles. The highest BCUT2D eigenvalue weighted by Crippen LogP contribution is 2.43. The molecule has 1 aromatic rings. The summed E-state index contributed by atoms with van der Waals surface area (Å²) in [6.07, 6.45) is 3.38. The number of benzene rings is 1. The van der Waals surface area contributed by atoms with Crippen molar-refractivity contribution in [2.45, 2.75) is 50.2 Å². The summed E-state index contributed by atoms with van der Waals surface area (Å²) in [5.74, 6) is -0.719. The van der Waals surface area contributed by atoms with Crippen molar-refractivity contribution in [1.29, 1.82) is 0 Å². The van der Waals surface area contributed by atoms with Crippen LogP contribution in [0.25, 0.3) is 0 Å². The molecule has 0 aromatic heterocycles. The van der Waals surface area contributed by atoms with Gasteiger partial charge in [0.15, 0.2) is 9.84 Å². The first-order chi connectivity index (χ1) is 10.8. The largest absolute Gasteiger partial charge is 0.354 e. The van der Waals surface area contributed by atoms with Crippen LogP contribution in [0.5, 0.6) is 0 Å². The van der Waals surface area contributed by atoms with Crippen molar-refractivity contribution in [3.8, 4) is 0 Å². The molecule has 128 valence electrons. The molecule has 1 fully saturated rings. The molecule has 23 heavy (non-hydrogen) atoms. The number of sulfone groups is 1. The molecule has 1 amide bonds. The van der Waals surface area contributed by atoms with Gasteiger partial charge in [0.05, 0.1) is 5.75 Å². The van der Waals surface area contributed by atoms with E-state index in [-0.39, 0.29) is 17.0 Å². The Morgan fingerprint density at radius 1 is 1.30 bits per heavy atom. The number of halogens is 1. The summed E-state index contributed by atoms with van der Waals surface area (Å²) >= 11 is 0. The van der Waals surface area contributed by atoms with Crippen LogP contribution in [0.15, 0.2) is 24.3 Å². The van der Waals surface area contributed by atoms with E-state index in [1.54, 1.807) is 19.1 Å². The average molecular weight is 341 g/mol. The van der Waals surface area contributed by atoms with Crippen LogP contribution in [0, 0.1) is 5.82 Å². The Bertz CT molecular complexity index is 651. The predicted molar refractivity (Wildman–Crippen MR) is 88.5 cm³/mol. The third-order valence-electron chi connectivity index (χ3n) is 4.76.